The zero-order valence-corrected chi connectivity index (χ0v) is 38.6. The third-order valence-corrected chi connectivity index (χ3v) is 12.6. The fraction of sp³-hybridized carbons (Fsp3) is 0.226. The summed E-state index contributed by atoms with van der Waals surface area (Å²) < 4.78 is 76.3. The fourth-order valence-corrected chi connectivity index (χ4v) is 8.93. The second kappa shape index (κ2) is 17.4. The van der Waals surface area contributed by atoms with E-state index in [-0.39, 0.29) is 28.6 Å². The average molecular weight is 873 g/mol. The molecule has 0 amide bonds. The summed E-state index contributed by atoms with van der Waals surface area (Å²) in [5.74, 6) is 1.04. The van der Waals surface area contributed by atoms with Crippen molar-refractivity contribution in [3.05, 3.63) is 192 Å². The molecule has 0 saturated carbocycles. The lowest BCUT2D eigenvalue weighted by Gasteiger charge is -2.26. The van der Waals surface area contributed by atoms with Gasteiger partial charge in [-0.15, -0.1) is 0 Å². The highest BCUT2D eigenvalue weighted by Gasteiger charge is 2.28. The van der Waals surface area contributed by atoms with Crippen LogP contribution in [0.4, 0.5) is 0 Å². The van der Waals surface area contributed by atoms with E-state index < -0.39 is 26.0 Å². The number of fused-ring (bicyclic) bond motifs is 1. The van der Waals surface area contributed by atoms with Crippen LogP contribution in [0, 0.1) is 0 Å². The molecule has 0 aliphatic carbocycles. The van der Waals surface area contributed by atoms with Crippen LogP contribution in [0.15, 0.2) is 170 Å². The molecule has 2 aromatic heterocycles. The van der Waals surface area contributed by atoms with E-state index in [2.05, 4.69) is 156 Å². The molecule has 7 aromatic carbocycles. The summed E-state index contributed by atoms with van der Waals surface area (Å²) in [6.07, 6.45) is 1.68. The number of pyridine rings is 1. The van der Waals surface area contributed by atoms with E-state index in [0.717, 1.165) is 72.4 Å². The summed E-state index contributed by atoms with van der Waals surface area (Å²) in [6.45, 7) is 5.06. The Bertz CT molecular complexity index is 3510. The van der Waals surface area contributed by atoms with Crippen molar-refractivity contribution in [2.75, 3.05) is 0 Å². The van der Waals surface area contributed by atoms with Crippen LogP contribution in [-0.2, 0) is 10.8 Å². The first-order valence-corrected chi connectivity index (χ1v) is 22.7. The second-order valence-electron chi connectivity index (χ2n) is 19.0. The number of hydrogen-bond acceptors (Lipinski definition) is 3. The number of nitrogens with zero attached hydrogens (tertiary/aromatic N) is 3. The van der Waals surface area contributed by atoms with Gasteiger partial charge in [-0.1, -0.05) is 178 Å². The van der Waals surface area contributed by atoms with E-state index in [1.165, 1.54) is 12.1 Å². The lowest BCUT2D eigenvalue weighted by molar-refractivity contribution is 0.466. The largest absolute Gasteiger partial charge is 0.507 e. The highest BCUT2D eigenvalue weighted by Crippen LogP contribution is 2.45. The summed E-state index contributed by atoms with van der Waals surface area (Å²) in [4.78, 5) is 10.5. The van der Waals surface area contributed by atoms with Gasteiger partial charge in [0, 0.05) is 29.7 Å². The molecule has 66 heavy (non-hydrogen) atoms. The maximum absolute atomic E-state index is 12.4. The molecule has 4 heteroatoms. The minimum Gasteiger partial charge on any atom is -0.507 e. The molecule has 330 valence electrons. The Morgan fingerprint density at radius 3 is 1.80 bits per heavy atom. The molecule has 0 radical (unpaired) electrons. The Morgan fingerprint density at radius 2 is 1.15 bits per heavy atom. The van der Waals surface area contributed by atoms with Gasteiger partial charge < -0.3 is 5.11 Å². The molecule has 0 bridgehead atoms. The Morgan fingerprint density at radius 1 is 0.530 bits per heavy atom. The average Bonchev–Trinajstić information content (AvgIpc) is 3.75. The van der Waals surface area contributed by atoms with Gasteiger partial charge in [-0.25, -0.2) is 4.98 Å². The van der Waals surface area contributed by atoms with E-state index in [0.29, 0.717) is 28.2 Å². The summed E-state index contributed by atoms with van der Waals surface area (Å²) in [6, 6.07) is 53.3. The zero-order valence-electron chi connectivity index (χ0n) is 47.6. The van der Waals surface area contributed by atoms with Gasteiger partial charge >= 0.3 is 0 Å². The van der Waals surface area contributed by atoms with E-state index >= 15 is 0 Å². The minimum atomic E-state index is -3.37. The summed E-state index contributed by atoms with van der Waals surface area (Å²) in [7, 11) is 0. The van der Waals surface area contributed by atoms with Gasteiger partial charge in [-0.05, 0) is 138 Å². The van der Waals surface area contributed by atoms with Gasteiger partial charge in [0.1, 0.15) is 11.6 Å². The Balaban J connectivity index is 1.27. The molecule has 1 N–H and O–H groups in total. The number of rotatable bonds is 9. The first kappa shape index (κ1) is 34.3. The predicted molar refractivity (Wildman–Crippen MR) is 279 cm³/mol. The Hall–Kier alpha value is -7.04. The summed E-state index contributed by atoms with van der Waals surface area (Å²) >= 11 is 0. The van der Waals surface area contributed by atoms with Gasteiger partial charge in [-0.2, -0.15) is 0 Å². The molecule has 9 aromatic rings. The lowest BCUT2D eigenvalue weighted by atomic mass is 9.83. The van der Waals surface area contributed by atoms with Crippen molar-refractivity contribution in [1.82, 2.24) is 14.5 Å². The first-order valence-electron chi connectivity index (χ1n) is 27.2. The number of para-hydroxylation sites is 1. The summed E-state index contributed by atoms with van der Waals surface area (Å²) in [5, 5.41) is 12.4. The Kier molecular flexibility index (Phi) is 9.05. The summed E-state index contributed by atoms with van der Waals surface area (Å²) in [5.41, 5.74) is 11.1. The first-order chi connectivity index (χ1) is 35.3. The van der Waals surface area contributed by atoms with Gasteiger partial charge in [0.15, 0.2) is 0 Å². The van der Waals surface area contributed by atoms with Crippen molar-refractivity contribution in [3.8, 4) is 78.6 Å². The third-order valence-electron chi connectivity index (χ3n) is 12.6. The molecule has 0 aliphatic rings. The predicted octanol–water partition coefficient (Wildman–Crippen LogP) is 17.0. The molecule has 0 unspecified atom stereocenters. The molecule has 0 atom stereocenters. The van der Waals surface area contributed by atoms with E-state index in [1.54, 1.807) is 24.4 Å². The molecule has 2 heterocycles. The van der Waals surface area contributed by atoms with Gasteiger partial charge in [0.05, 0.1) is 28.0 Å². The van der Waals surface area contributed by atoms with Crippen molar-refractivity contribution in [2.24, 2.45) is 0 Å². The standard InChI is InChI=1S/C62H61N3O/c1-39(2)46-35-52(40(3)4)59(66)53(36-46)60-64-58-51(22-17-23-57(58)65(60)56-29-26-44(37-54(56)62(8,9)10)41-18-13-11-14-19-41)48-32-47(42-20-15-12-16-21-42)33-49(34-48)55-38-45(30-31-63-55)43-24-27-50(28-25-43)61(5,6)7/h11-40,66H,1-10H3/i5D3,6D3,7D3. The molecule has 9 rings (SSSR count). The second-order valence-corrected chi connectivity index (χ2v) is 19.0. The zero-order chi connectivity index (χ0) is 54.0. The number of phenolic OH excluding ortho intramolecular Hbond substituents is 1. The topological polar surface area (TPSA) is 50.9 Å². The molecular formula is C62H61N3O. The van der Waals surface area contributed by atoms with Crippen LogP contribution in [0.5, 0.6) is 5.75 Å². The normalized spacial score (nSPS) is 14.7. The van der Waals surface area contributed by atoms with Crippen molar-refractivity contribution in [1.29, 1.82) is 0 Å². The van der Waals surface area contributed by atoms with Crippen LogP contribution in [0.1, 0.15) is 115 Å². The van der Waals surface area contributed by atoms with Crippen LogP contribution in [-0.4, -0.2) is 19.6 Å². The van der Waals surface area contributed by atoms with Crippen molar-refractivity contribution in [3.63, 3.8) is 0 Å². The van der Waals surface area contributed by atoms with E-state index in [9.17, 15) is 5.11 Å². The smallest absolute Gasteiger partial charge is 0.149 e. The monoisotopic (exact) mass is 873 g/mol. The van der Waals surface area contributed by atoms with E-state index in [1.807, 2.05) is 30.3 Å². The number of aromatic hydroxyl groups is 1. The minimum absolute atomic E-state index is 0.0421. The number of imidazole rings is 1. The molecule has 0 aliphatic heterocycles. The van der Waals surface area contributed by atoms with Crippen LogP contribution in [0.2, 0.25) is 0 Å². The molecule has 0 spiro atoms. The highest BCUT2D eigenvalue weighted by molar-refractivity contribution is 5.98. The van der Waals surface area contributed by atoms with Gasteiger partial charge in [-0.3, -0.25) is 9.55 Å². The molecule has 4 nitrogen and oxygen atoms in total. The van der Waals surface area contributed by atoms with Crippen LogP contribution in [0.3, 0.4) is 0 Å². The van der Waals surface area contributed by atoms with Crippen LogP contribution < -0.4 is 0 Å². The third kappa shape index (κ3) is 8.61. The number of benzene rings is 7. The van der Waals surface area contributed by atoms with Crippen molar-refractivity contribution in [2.45, 2.75) is 91.7 Å². The molecular weight excluding hydrogens is 803 g/mol. The number of aromatic nitrogens is 3. The quantitative estimate of drug-likeness (QED) is 0.157. The van der Waals surface area contributed by atoms with Crippen LogP contribution in [0.25, 0.3) is 83.9 Å². The molecule has 0 saturated heterocycles. The van der Waals surface area contributed by atoms with Crippen LogP contribution >= 0.6 is 0 Å². The molecule has 0 fully saturated rings. The number of phenols is 1. The Labute approximate surface area is 404 Å². The van der Waals surface area contributed by atoms with Crippen molar-refractivity contribution >= 4 is 11.0 Å². The highest BCUT2D eigenvalue weighted by atomic mass is 16.3. The van der Waals surface area contributed by atoms with E-state index in [4.69, 9.17) is 22.3 Å². The SMILES string of the molecule is [2H]C([2H])([2H])C(c1ccc(-c2ccnc(-c3cc(-c4ccccc4)cc(-c4cccc5c4nc(-c4cc(C(C)C)cc(C(C)C)c4O)n5-c4ccc(-c5ccccc5)cc4C(C)(C)C)c3)c2)cc1)(C([2H])([2H])[2H])C([2H])([2H])[2H]. The van der Waals surface area contributed by atoms with Crippen molar-refractivity contribution < 1.29 is 17.4 Å². The van der Waals surface area contributed by atoms with Gasteiger partial charge in [0.25, 0.3) is 0 Å². The maximum atomic E-state index is 12.4. The van der Waals surface area contributed by atoms with Gasteiger partial charge in [0.2, 0.25) is 0 Å². The maximum Gasteiger partial charge on any atom is 0.149 e. The lowest BCUT2D eigenvalue weighted by Crippen LogP contribution is -2.16. The fourth-order valence-electron chi connectivity index (χ4n) is 8.93. The number of hydrogen-bond donors (Lipinski definition) is 1.